The number of carbonyl (C=O) groups is 2. The van der Waals surface area contributed by atoms with Crippen LogP contribution in [-0.2, 0) is 9.47 Å². The number of ether oxygens (including phenoxy) is 2. The van der Waals surface area contributed by atoms with E-state index in [-0.39, 0.29) is 12.1 Å². The molecule has 8 heteroatoms. The van der Waals surface area contributed by atoms with Gasteiger partial charge in [0.1, 0.15) is 5.60 Å². The Balaban J connectivity index is 1.30. The molecule has 1 amide bonds. The lowest BCUT2D eigenvalue weighted by molar-refractivity contribution is 0.0119. The zero-order valence-electron chi connectivity index (χ0n) is 19.5. The van der Waals surface area contributed by atoms with Gasteiger partial charge in [-0.2, -0.15) is 5.10 Å². The van der Waals surface area contributed by atoms with Crippen LogP contribution in [0, 0.1) is 0 Å². The van der Waals surface area contributed by atoms with E-state index in [2.05, 4.69) is 15.8 Å². The molecule has 0 N–H and O–H groups in total. The predicted molar refractivity (Wildman–Crippen MR) is 122 cm³/mol. The maximum atomic E-state index is 12.3. The number of fused-ring (bicyclic) bond motifs is 1. The van der Waals surface area contributed by atoms with E-state index in [1.165, 1.54) is 7.11 Å². The predicted octanol–water partition coefficient (Wildman–Crippen LogP) is 3.86. The number of nitrogens with zero attached hydrogens (tertiary/aromatic N) is 4. The van der Waals surface area contributed by atoms with Crippen LogP contribution in [0.2, 0.25) is 0 Å². The van der Waals surface area contributed by atoms with E-state index in [0.717, 1.165) is 62.8 Å². The normalized spacial score (nSPS) is 19.3. The van der Waals surface area contributed by atoms with Crippen molar-refractivity contribution in [1.82, 2.24) is 19.6 Å². The quantitative estimate of drug-likeness (QED) is 0.672. The Morgan fingerprint density at radius 1 is 1.00 bits per heavy atom. The molecule has 2 saturated heterocycles. The molecule has 0 unspecified atom stereocenters. The summed E-state index contributed by atoms with van der Waals surface area (Å²) in [6, 6.07) is 6.40. The van der Waals surface area contributed by atoms with Gasteiger partial charge in [0.25, 0.3) is 0 Å². The number of hydrogen-bond donors (Lipinski definition) is 0. The van der Waals surface area contributed by atoms with E-state index in [1.54, 1.807) is 12.1 Å². The van der Waals surface area contributed by atoms with Crippen LogP contribution in [0.4, 0.5) is 4.79 Å². The van der Waals surface area contributed by atoms with Crippen LogP contribution in [0.1, 0.15) is 62.9 Å². The molecule has 2 fully saturated rings. The molecular formula is C24H34N4O4. The fraction of sp³-hybridized carbons (Fsp3) is 0.625. The van der Waals surface area contributed by atoms with Crippen molar-refractivity contribution in [3.8, 4) is 0 Å². The van der Waals surface area contributed by atoms with Crippen molar-refractivity contribution in [2.45, 2.75) is 64.1 Å². The van der Waals surface area contributed by atoms with E-state index in [4.69, 9.17) is 14.6 Å². The van der Waals surface area contributed by atoms with Gasteiger partial charge in [-0.1, -0.05) is 6.07 Å². The van der Waals surface area contributed by atoms with Gasteiger partial charge in [-0.25, -0.2) is 9.59 Å². The highest BCUT2D eigenvalue weighted by Crippen LogP contribution is 2.28. The number of aromatic nitrogens is 2. The molecule has 0 bridgehead atoms. The van der Waals surface area contributed by atoms with E-state index >= 15 is 0 Å². The Kier molecular flexibility index (Phi) is 6.42. The molecule has 0 saturated carbocycles. The van der Waals surface area contributed by atoms with Crippen molar-refractivity contribution in [1.29, 1.82) is 0 Å². The minimum Gasteiger partial charge on any atom is -0.465 e. The number of benzene rings is 1. The molecule has 2 aliphatic rings. The smallest absolute Gasteiger partial charge is 0.410 e. The third kappa shape index (κ3) is 5.06. The van der Waals surface area contributed by atoms with E-state index in [9.17, 15) is 9.59 Å². The van der Waals surface area contributed by atoms with Crippen molar-refractivity contribution in [3.63, 3.8) is 0 Å². The average Bonchev–Trinajstić information content (AvgIpc) is 3.21. The van der Waals surface area contributed by atoms with Gasteiger partial charge >= 0.3 is 12.1 Å². The molecule has 8 nitrogen and oxygen atoms in total. The lowest BCUT2D eigenvalue weighted by atomic mass is 9.98. The van der Waals surface area contributed by atoms with Crippen LogP contribution in [0.3, 0.4) is 0 Å². The maximum absolute atomic E-state index is 12.3. The molecule has 2 aliphatic heterocycles. The Morgan fingerprint density at radius 3 is 2.28 bits per heavy atom. The molecule has 0 radical (unpaired) electrons. The largest absolute Gasteiger partial charge is 0.465 e. The van der Waals surface area contributed by atoms with Crippen molar-refractivity contribution >= 4 is 23.0 Å². The summed E-state index contributed by atoms with van der Waals surface area (Å²) in [4.78, 5) is 28.5. The summed E-state index contributed by atoms with van der Waals surface area (Å²) in [7, 11) is 1.39. The number of carbonyl (C=O) groups excluding carboxylic acids is 2. The molecular weight excluding hydrogens is 408 g/mol. The van der Waals surface area contributed by atoms with Crippen molar-refractivity contribution in [2.24, 2.45) is 0 Å². The topological polar surface area (TPSA) is 76.9 Å². The molecule has 1 aromatic carbocycles. The second kappa shape index (κ2) is 9.10. The van der Waals surface area contributed by atoms with Gasteiger partial charge in [0.15, 0.2) is 0 Å². The van der Waals surface area contributed by atoms with Crippen LogP contribution in [0.5, 0.6) is 0 Å². The molecule has 2 aromatic rings. The van der Waals surface area contributed by atoms with Crippen molar-refractivity contribution in [3.05, 3.63) is 30.0 Å². The van der Waals surface area contributed by atoms with Crippen molar-refractivity contribution in [2.75, 3.05) is 33.3 Å². The Labute approximate surface area is 189 Å². The highest BCUT2D eigenvalue weighted by atomic mass is 16.6. The molecule has 3 heterocycles. The number of likely N-dealkylation sites (tertiary alicyclic amines) is 2. The Hall–Kier alpha value is -2.61. The fourth-order valence-corrected chi connectivity index (χ4v) is 4.72. The van der Waals surface area contributed by atoms with Crippen LogP contribution in [0.25, 0.3) is 10.9 Å². The van der Waals surface area contributed by atoms with Crippen LogP contribution < -0.4 is 0 Å². The number of methoxy groups -OCH3 is 1. The minimum absolute atomic E-state index is 0.198. The Bertz CT molecular complexity index is 964. The first kappa shape index (κ1) is 22.6. The summed E-state index contributed by atoms with van der Waals surface area (Å²) in [5.41, 5.74) is 0.899. The number of amides is 1. The summed E-state index contributed by atoms with van der Waals surface area (Å²) in [6.45, 7) is 9.29. The molecule has 1 aromatic heterocycles. The minimum atomic E-state index is -0.450. The van der Waals surface area contributed by atoms with Crippen molar-refractivity contribution < 1.29 is 19.1 Å². The standard InChI is InChI=1S/C24H34N4O4/c1-24(2,3)32-23(30)27-13-7-19(8-14-27)26-11-9-20(10-12-26)28-16-18-6-5-17(22(29)31-4)15-21(18)25-28/h5-6,15-16,19-20H,7-14H2,1-4H3. The highest BCUT2D eigenvalue weighted by molar-refractivity contribution is 5.94. The van der Waals surface area contributed by atoms with E-state index < -0.39 is 5.60 Å². The first-order chi connectivity index (χ1) is 15.2. The van der Waals surface area contributed by atoms with Crippen LogP contribution in [-0.4, -0.2) is 76.6 Å². The highest BCUT2D eigenvalue weighted by Gasteiger charge is 2.32. The van der Waals surface area contributed by atoms with Gasteiger partial charge in [0.2, 0.25) is 0 Å². The van der Waals surface area contributed by atoms with Gasteiger partial charge < -0.3 is 19.3 Å². The molecule has 32 heavy (non-hydrogen) atoms. The molecule has 0 aliphatic carbocycles. The third-order valence-corrected chi connectivity index (χ3v) is 6.45. The second-order valence-corrected chi connectivity index (χ2v) is 9.84. The molecule has 0 atom stereocenters. The molecule has 174 valence electrons. The second-order valence-electron chi connectivity index (χ2n) is 9.84. The lowest BCUT2D eigenvalue weighted by Crippen LogP contribution is -2.49. The summed E-state index contributed by atoms with van der Waals surface area (Å²) >= 11 is 0. The summed E-state index contributed by atoms with van der Waals surface area (Å²) < 4.78 is 12.4. The first-order valence-corrected chi connectivity index (χ1v) is 11.5. The van der Waals surface area contributed by atoms with Gasteiger partial charge in [-0.15, -0.1) is 0 Å². The van der Waals surface area contributed by atoms with Crippen LogP contribution in [0.15, 0.2) is 24.4 Å². The Morgan fingerprint density at radius 2 is 1.66 bits per heavy atom. The van der Waals surface area contributed by atoms with E-state index in [1.807, 2.05) is 31.7 Å². The maximum Gasteiger partial charge on any atom is 0.410 e. The van der Waals surface area contributed by atoms with Gasteiger partial charge in [0, 0.05) is 43.8 Å². The monoisotopic (exact) mass is 442 g/mol. The SMILES string of the molecule is COC(=O)c1ccc2cn(C3CCN(C4CCN(C(=O)OC(C)(C)C)CC4)CC3)nc2c1. The van der Waals surface area contributed by atoms with Gasteiger partial charge in [-0.05, 0) is 58.6 Å². The number of rotatable bonds is 3. The number of piperidine rings is 2. The van der Waals surface area contributed by atoms with E-state index in [0.29, 0.717) is 17.6 Å². The summed E-state index contributed by atoms with van der Waals surface area (Å²) in [5.74, 6) is -0.340. The number of hydrogen-bond acceptors (Lipinski definition) is 6. The van der Waals surface area contributed by atoms with Gasteiger partial charge in [-0.3, -0.25) is 4.68 Å². The zero-order chi connectivity index (χ0) is 22.9. The molecule has 0 spiro atoms. The average molecular weight is 443 g/mol. The zero-order valence-corrected chi connectivity index (χ0v) is 19.5. The summed E-state index contributed by atoms with van der Waals surface area (Å²) in [5, 5.41) is 5.78. The molecule has 4 rings (SSSR count). The fourth-order valence-electron chi connectivity index (χ4n) is 4.72. The number of esters is 1. The summed E-state index contributed by atoms with van der Waals surface area (Å²) in [6.07, 6.45) is 5.96. The van der Waals surface area contributed by atoms with Crippen LogP contribution >= 0.6 is 0 Å². The lowest BCUT2D eigenvalue weighted by Gasteiger charge is -2.41. The third-order valence-electron chi connectivity index (χ3n) is 6.45. The first-order valence-electron chi connectivity index (χ1n) is 11.5. The van der Waals surface area contributed by atoms with Gasteiger partial charge in [0.05, 0.1) is 24.2 Å².